The van der Waals surface area contributed by atoms with Gasteiger partial charge < -0.3 is 11.1 Å². The minimum absolute atomic E-state index is 0.179. The Morgan fingerprint density at radius 1 is 1.44 bits per heavy atom. The third kappa shape index (κ3) is 1.76. The van der Waals surface area contributed by atoms with E-state index in [1.54, 1.807) is 0 Å². The minimum atomic E-state index is 0.179. The fourth-order valence-electron chi connectivity index (χ4n) is 3.15. The molecular weight excluding hydrogens is 196 g/mol. The number of hydrogen-bond acceptors (Lipinski definition) is 2. The number of hydrogen-bond donors (Lipinski definition) is 2. The summed E-state index contributed by atoms with van der Waals surface area (Å²) in [6.45, 7) is 8.18. The van der Waals surface area contributed by atoms with Crippen molar-refractivity contribution < 1.29 is 0 Å². The van der Waals surface area contributed by atoms with E-state index in [9.17, 15) is 0 Å². The molecule has 0 bridgehead atoms. The monoisotopic (exact) mass is 218 g/mol. The molecule has 1 fully saturated rings. The SMILES string of the molecule is C=CC1=C(/C=C\C)CC2(CCNCC2)C1N. The quantitative estimate of drug-likeness (QED) is 0.745. The van der Waals surface area contributed by atoms with E-state index in [0.29, 0.717) is 5.41 Å². The Morgan fingerprint density at radius 2 is 2.12 bits per heavy atom. The topological polar surface area (TPSA) is 38.0 Å². The Labute approximate surface area is 98.3 Å². The Morgan fingerprint density at radius 3 is 2.69 bits per heavy atom. The molecule has 2 rings (SSSR count). The van der Waals surface area contributed by atoms with Gasteiger partial charge in [0.1, 0.15) is 0 Å². The van der Waals surface area contributed by atoms with E-state index >= 15 is 0 Å². The zero-order valence-corrected chi connectivity index (χ0v) is 10.1. The predicted molar refractivity (Wildman–Crippen MR) is 69.2 cm³/mol. The third-order valence-corrected chi connectivity index (χ3v) is 4.10. The first-order valence-electron chi connectivity index (χ1n) is 6.18. The largest absolute Gasteiger partial charge is 0.323 e. The van der Waals surface area contributed by atoms with Crippen LogP contribution < -0.4 is 11.1 Å². The number of rotatable bonds is 2. The van der Waals surface area contributed by atoms with Gasteiger partial charge in [0.25, 0.3) is 0 Å². The first-order valence-corrected chi connectivity index (χ1v) is 6.18. The predicted octanol–water partition coefficient (Wildman–Crippen LogP) is 2.15. The number of piperidine rings is 1. The minimum Gasteiger partial charge on any atom is -0.323 e. The van der Waals surface area contributed by atoms with Crippen LogP contribution in [0.5, 0.6) is 0 Å². The molecule has 1 aliphatic carbocycles. The van der Waals surface area contributed by atoms with Crippen molar-refractivity contribution in [2.24, 2.45) is 11.1 Å². The molecule has 16 heavy (non-hydrogen) atoms. The van der Waals surface area contributed by atoms with Crippen molar-refractivity contribution in [2.45, 2.75) is 32.2 Å². The molecule has 1 heterocycles. The molecule has 2 aliphatic rings. The second kappa shape index (κ2) is 4.56. The summed E-state index contributed by atoms with van der Waals surface area (Å²) in [5, 5.41) is 3.42. The maximum atomic E-state index is 6.43. The van der Waals surface area contributed by atoms with E-state index < -0.39 is 0 Å². The molecule has 0 radical (unpaired) electrons. The van der Waals surface area contributed by atoms with Crippen LogP contribution in [0.2, 0.25) is 0 Å². The van der Waals surface area contributed by atoms with Crippen LogP contribution in [0.25, 0.3) is 0 Å². The van der Waals surface area contributed by atoms with E-state index in [2.05, 4.69) is 31.0 Å². The normalized spacial score (nSPS) is 29.2. The highest BCUT2D eigenvalue weighted by atomic mass is 14.9. The van der Waals surface area contributed by atoms with Crippen molar-refractivity contribution in [1.29, 1.82) is 0 Å². The van der Waals surface area contributed by atoms with Crippen LogP contribution in [-0.4, -0.2) is 19.1 Å². The van der Waals surface area contributed by atoms with Crippen molar-refractivity contribution >= 4 is 0 Å². The van der Waals surface area contributed by atoms with Gasteiger partial charge in [0.2, 0.25) is 0 Å². The van der Waals surface area contributed by atoms with Crippen LogP contribution >= 0.6 is 0 Å². The lowest BCUT2D eigenvalue weighted by atomic mass is 9.73. The maximum Gasteiger partial charge on any atom is 0.0358 e. The van der Waals surface area contributed by atoms with Crippen LogP contribution in [0, 0.1) is 5.41 Å². The lowest BCUT2D eigenvalue weighted by Crippen LogP contribution is -2.46. The van der Waals surface area contributed by atoms with Gasteiger partial charge in [-0.15, -0.1) is 0 Å². The Balaban J connectivity index is 2.27. The van der Waals surface area contributed by atoms with Crippen LogP contribution in [-0.2, 0) is 0 Å². The van der Waals surface area contributed by atoms with Crippen molar-refractivity contribution in [1.82, 2.24) is 5.32 Å². The molecule has 1 atom stereocenters. The average Bonchev–Trinajstić information content (AvgIpc) is 2.54. The van der Waals surface area contributed by atoms with Gasteiger partial charge in [0.15, 0.2) is 0 Å². The lowest BCUT2D eigenvalue weighted by Gasteiger charge is -2.38. The third-order valence-electron chi connectivity index (χ3n) is 4.10. The zero-order valence-electron chi connectivity index (χ0n) is 10.1. The van der Waals surface area contributed by atoms with Gasteiger partial charge in [-0.05, 0) is 55.8 Å². The first kappa shape index (κ1) is 11.6. The molecule has 3 N–H and O–H groups in total. The molecule has 1 saturated heterocycles. The smallest absolute Gasteiger partial charge is 0.0358 e. The van der Waals surface area contributed by atoms with E-state index in [0.717, 1.165) is 19.5 Å². The van der Waals surface area contributed by atoms with Gasteiger partial charge in [-0.3, -0.25) is 0 Å². The summed E-state index contributed by atoms with van der Waals surface area (Å²) in [7, 11) is 0. The van der Waals surface area contributed by atoms with E-state index in [-0.39, 0.29) is 6.04 Å². The molecule has 0 saturated carbocycles. The van der Waals surface area contributed by atoms with Crippen LogP contribution in [0.4, 0.5) is 0 Å². The first-order chi connectivity index (χ1) is 7.73. The summed E-state index contributed by atoms with van der Waals surface area (Å²) < 4.78 is 0. The Bertz CT molecular complexity index is 333. The standard InChI is InChI=1S/C14H22N2/c1-3-5-11-10-14(6-8-16-9-7-14)13(15)12(11)4-2/h3-5,13,16H,2,6-10,15H2,1H3/b5-3-. The summed E-state index contributed by atoms with van der Waals surface area (Å²) in [6, 6.07) is 0.179. The molecular formula is C14H22N2. The molecule has 1 unspecified atom stereocenters. The molecule has 0 aromatic heterocycles. The fourth-order valence-corrected chi connectivity index (χ4v) is 3.15. The van der Waals surface area contributed by atoms with Crippen LogP contribution in [0.1, 0.15) is 26.2 Å². The van der Waals surface area contributed by atoms with Gasteiger partial charge >= 0.3 is 0 Å². The number of allylic oxidation sites excluding steroid dienone is 3. The van der Waals surface area contributed by atoms with Crippen molar-refractivity contribution in [3.05, 3.63) is 36.0 Å². The molecule has 1 aliphatic heterocycles. The Hall–Kier alpha value is -0.860. The van der Waals surface area contributed by atoms with E-state index in [1.807, 2.05) is 6.08 Å². The second-order valence-electron chi connectivity index (χ2n) is 4.95. The summed E-state index contributed by atoms with van der Waals surface area (Å²) in [5.41, 5.74) is 9.38. The molecule has 0 aromatic carbocycles. The van der Waals surface area contributed by atoms with Gasteiger partial charge in [0, 0.05) is 6.04 Å². The van der Waals surface area contributed by atoms with Crippen LogP contribution in [0.3, 0.4) is 0 Å². The van der Waals surface area contributed by atoms with Gasteiger partial charge in [-0.25, -0.2) is 0 Å². The summed E-state index contributed by atoms with van der Waals surface area (Å²) in [6.07, 6.45) is 9.76. The molecule has 1 spiro atoms. The lowest BCUT2D eigenvalue weighted by molar-refractivity contribution is 0.190. The van der Waals surface area contributed by atoms with E-state index in [4.69, 9.17) is 5.73 Å². The number of nitrogens with one attached hydrogen (secondary N) is 1. The fraction of sp³-hybridized carbons (Fsp3) is 0.571. The molecule has 88 valence electrons. The van der Waals surface area contributed by atoms with Gasteiger partial charge in [-0.1, -0.05) is 24.8 Å². The summed E-state index contributed by atoms with van der Waals surface area (Å²) in [4.78, 5) is 0. The summed E-state index contributed by atoms with van der Waals surface area (Å²) in [5.74, 6) is 0. The van der Waals surface area contributed by atoms with Crippen LogP contribution in [0.15, 0.2) is 36.0 Å². The highest BCUT2D eigenvalue weighted by molar-refractivity contribution is 5.43. The van der Waals surface area contributed by atoms with Crippen molar-refractivity contribution in [2.75, 3.05) is 13.1 Å². The van der Waals surface area contributed by atoms with Crippen molar-refractivity contribution in [3.8, 4) is 0 Å². The van der Waals surface area contributed by atoms with Crippen molar-refractivity contribution in [3.63, 3.8) is 0 Å². The Kier molecular flexibility index (Phi) is 3.31. The average molecular weight is 218 g/mol. The number of nitrogens with two attached hydrogens (primary N) is 1. The second-order valence-corrected chi connectivity index (χ2v) is 4.95. The molecule has 0 amide bonds. The highest BCUT2D eigenvalue weighted by Gasteiger charge is 2.44. The zero-order chi connectivity index (χ0) is 11.6. The molecule has 0 aromatic rings. The maximum absolute atomic E-state index is 6.43. The van der Waals surface area contributed by atoms with Gasteiger partial charge in [0.05, 0.1) is 0 Å². The van der Waals surface area contributed by atoms with E-state index in [1.165, 1.54) is 24.0 Å². The van der Waals surface area contributed by atoms with Gasteiger partial charge in [-0.2, -0.15) is 0 Å². The molecule has 2 nitrogen and oxygen atoms in total. The summed E-state index contributed by atoms with van der Waals surface area (Å²) >= 11 is 0. The highest BCUT2D eigenvalue weighted by Crippen LogP contribution is 2.47. The molecule has 2 heteroatoms.